The predicted octanol–water partition coefficient (Wildman–Crippen LogP) is 0.736. The van der Waals surface area contributed by atoms with Crippen LogP contribution in [0, 0.1) is 0 Å². The third-order valence-corrected chi connectivity index (χ3v) is 3.58. The van der Waals surface area contributed by atoms with Crippen LogP contribution in [0.2, 0.25) is 0 Å². The van der Waals surface area contributed by atoms with Crippen LogP contribution in [0.5, 0.6) is 0 Å². The Balaban J connectivity index is 2.03. The molecule has 1 aliphatic rings. The molecule has 0 atom stereocenters. The van der Waals surface area contributed by atoms with Gasteiger partial charge in [-0.15, -0.1) is 0 Å². The largest absolute Gasteiger partial charge is 0.385 e. The van der Waals surface area contributed by atoms with Gasteiger partial charge in [0.1, 0.15) is 5.82 Å². The van der Waals surface area contributed by atoms with Gasteiger partial charge in [-0.2, -0.15) is 4.98 Å². The van der Waals surface area contributed by atoms with Gasteiger partial charge >= 0.3 is 0 Å². The van der Waals surface area contributed by atoms with Crippen LogP contribution in [-0.4, -0.2) is 43.3 Å². The highest BCUT2D eigenvalue weighted by Gasteiger charge is 2.29. The molecule has 1 saturated carbocycles. The van der Waals surface area contributed by atoms with Crippen LogP contribution in [0.15, 0.2) is 6.07 Å². The second kappa shape index (κ2) is 6.16. The van der Waals surface area contributed by atoms with Crippen LogP contribution >= 0.6 is 0 Å². The molecule has 2 rings (SSSR count). The highest BCUT2D eigenvalue weighted by molar-refractivity contribution is 5.44. The molecule has 6 heteroatoms. The fourth-order valence-electron chi connectivity index (χ4n) is 2.34. The van der Waals surface area contributed by atoms with Crippen LogP contribution in [0.25, 0.3) is 0 Å². The molecule has 1 aromatic rings. The number of aromatic nitrogens is 2. The van der Waals surface area contributed by atoms with E-state index in [0.717, 1.165) is 43.9 Å². The molecule has 0 spiro atoms. The van der Waals surface area contributed by atoms with E-state index in [1.54, 1.807) is 7.11 Å². The lowest BCUT2D eigenvalue weighted by molar-refractivity contribution is 0.196. The highest BCUT2D eigenvalue weighted by atomic mass is 16.5. The summed E-state index contributed by atoms with van der Waals surface area (Å²) in [6, 6.07) is 2.34. The molecule has 0 aromatic carbocycles. The van der Waals surface area contributed by atoms with Crippen LogP contribution in [-0.2, 0) is 4.74 Å². The van der Waals surface area contributed by atoms with Gasteiger partial charge < -0.3 is 21.1 Å². The van der Waals surface area contributed by atoms with E-state index in [1.165, 1.54) is 0 Å². The van der Waals surface area contributed by atoms with Crippen molar-refractivity contribution in [1.82, 2.24) is 9.97 Å². The third-order valence-electron chi connectivity index (χ3n) is 3.58. The average molecular weight is 265 g/mol. The Kier molecular flexibility index (Phi) is 4.55. The molecule has 0 bridgehead atoms. The maximum absolute atomic E-state index is 5.82. The van der Waals surface area contributed by atoms with Crippen molar-refractivity contribution in [3.63, 3.8) is 0 Å². The quantitative estimate of drug-likeness (QED) is 0.737. The molecular weight excluding hydrogens is 242 g/mol. The van der Waals surface area contributed by atoms with Crippen molar-refractivity contribution in [3.8, 4) is 0 Å². The van der Waals surface area contributed by atoms with E-state index in [1.807, 2.05) is 13.1 Å². The summed E-state index contributed by atoms with van der Waals surface area (Å²) < 4.78 is 5.05. The number of ether oxygens (including phenoxy) is 1. The number of anilines is 2. The Labute approximate surface area is 114 Å². The van der Waals surface area contributed by atoms with Gasteiger partial charge in [0.2, 0.25) is 5.95 Å². The Bertz CT molecular complexity index is 419. The predicted molar refractivity (Wildman–Crippen MR) is 76.2 cm³/mol. The number of nitrogens with zero attached hydrogens (tertiary/aromatic N) is 3. The van der Waals surface area contributed by atoms with Crippen molar-refractivity contribution in [1.29, 1.82) is 0 Å². The zero-order valence-electron chi connectivity index (χ0n) is 11.7. The lowest BCUT2D eigenvalue weighted by Crippen LogP contribution is -2.35. The molecule has 19 heavy (non-hydrogen) atoms. The van der Waals surface area contributed by atoms with Gasteiger partial charge in [-0.3, -0.25) is 0 Å². The molecular formula is C13H23N5O. The third kappa shape index (κ3) is 3.54. The van der Waals surface area contributed by atoms with Crippen LogP contribution < -0.4 is 16.4 Å². The number of nitrogen functional groups attached to an aromatic ring is 1. The first-order valence-corrected chi connectivity index (χ1v) is 6.70. The first kappa shape index (κ1) is 14.0. The standard InChI is InChI=1S/C13H23N5O/c1-18(4-3-5-19-2)12-8-11(16-13(15)17-12)9-6-10(14)7-9/h8-10H,3-7,14H2,1-2H3,(H2,15,16,17). The molecule has 0 amide bonds. The van der Waals surface area contributed by atoms with E-state index in [0.29, 0.717) is 17.9 Å². The molecule has 1 aromatic heterocycles. The van der Waals surface area contributed by atoms with Crippen LogP contribution in [0.3, 0.4) is 0 Å². The SMILES string of the molecule is COCCCN(C)c1cc(C2CC(N)C2)nc(N)n1. The maximum Gasteiger partial charge on any atom is 0.222 e. The minimum atomic E-state index is 0.309. The summed E-state index contributed by atoms with van der Waals surface area (Å²) in [6.07, 6.45) is 2.94. The summed E-state index contributed by atoms with van der Waals surface area (Å²) in [5.41, 5.74) is 12.6. The average Bonchev–Trinajstić information content (AvgIpc) is 2.34. The van der Waals surface area contributed by atoms with E-state index < -0.39 is 0 Å². The summed E-state index contributed by atoms with van der Waals surface area (Å²) in [7, 11) is 3.72. The van der Waals surface area contributed by atoms with E-state index in [2.05, 4.69) is 14.9 Å². The maximum atomic E-state index is 5.82. The zero-order chi connectivity index (χ0) is 13.8. The van der Waals surface area contributed by atoms with E-state index in [-0.39, 0.29) is 0 Å². The lowest BCUT2D eigenvalue weighted by Gasteiger charge is -2.32. The molecule has 0 radical (unpaired) electrons. The van der Waals surface area contributed by atoms with Crippen molar-refractivity contribution in [2.75, 3.05) is 37.9 Å². The van der Waals surface area contributed by atoms with Gasteiger partial charge in [0, 0.05) is 45.3 Å². The molecule has 4 N–H and O–H groups in total. The van der Waals surface area contributed by atoms with Gasteiger partial charge in [-0.25, -0.2) is 4.98 Å². The number of hydrogen-bond acceptors (Lipinski definition) is 6. The Morgan fingerprint density at radius 1 is 1.42 bits per heavy atom. The van der Waals surface area contributed by atoms with Crippen molar-refractivity contribution >= 4 is 11.8 Å². The zero-order valence-corrected chi connectivity index (χ0v) is 11.7. The van der Waals surface area contributed by atoms with Crippen LogP contribution in [0.4, 0.5) is 11.8 Å². The lowest BCUT2D eigenvalue weighted by atomic mass is 9.78. The van der Waals surface area contributed by atoms with E-state index >= 15 is 0 Å². The first-order valence-electron chi connectivity index (χ1n) is 6.70. The number of methoxy groups -OCH3 is 1. The van der Waals surface area contributed by atoms with E-state index in [9.17, 15) is 0 Å². The normalized spacial score (nSPS) is 22.1. The molecule has 0 unspecified atom stereocenters. The number of hydrogen-bond donors (Lipinski definition) is 2. The number of rotatable bonds is 6. The van der Waals surface area contributed by atoms with Crippen molar-refractivity contribution in [2.24, 2.45) is 5.73 Å². The molecule has 0 aliphatic heterocycles. The fourth-order valence-corrected chi connectivity index (χ4v) is 2.34. The fraction of sp³-hybridized carbons (Fsp3) is 0.692. The van der Waals surface area contributed by atoms with Crippen molar-refractivity contribution in [2.45, 2.75) is 31.2 Å². The second-order valence-corrected chi connectivity index (χ2v) is 5.21. The first-order chi connectivity index (χ1) is 9.10. The topological polar surface area (TPSA) is 90.3 Å². The molecule has 1 fully saturated rings. The summed E-state index contributed by atoms with van der Waals surface area (Å²) in [5, 5.41) is 0. The molecule has 1 aliphatic carbocycles. The smallest absolute Gasteiger partial charge is 0.222 e. The monoisotopic (exact) mass is 265 g/mol. The summed E-state index contributed by atoms with van der Waals surface area (Å²) in [6.45, 7) is 1.63. The molecule has 0 saturated heterocycles. The minimum absolute atomic E-state index is 0.309. The van der Waals surface area contributed by atoms with Crippen LogP contribution in [0.1, 0.15) is 30.9 Å². The van der Waals surface area contributed by atoms with Gasteiger partial charge in [0.25, 0.3) is 0 Å². The summed E-state index contributed by atoms with van der Waals surface area (Å²) in [4.78, 5) is 10.7. The summed E-state index contributed by atoms with van der Waals surface area (Å²) in [5.74, 6) is 1.65. The minimum Gasteiger partial charge on any atom is -0.385 e. The Morgan fingerprint density at radius 3 is 2.79 bits per heavy atom. The van der Waals surface area contributed by atoms with Gasteiger partial charge in [0.05, 0.1) is 5.69 Å². The van der Waals surface area contributed by atoms with Gasteiger partial charge in [-0.1, -0.05) is 0 Å². The van der Waals surface area contributed by atoms with Gasteiger partial charge in [0.15, 0.2) is 0 Å². The Morgan fingerprint density at radius 2 is 2.16 bits per heavy atom. The van der Waals surface area contributed by atoms with E-state index in [4.69, 9.17) is 16.2 Å². The van der Waals surface area contributed by atoms with Crippen molar-refractivity contribution < 1.29 is 4.74 Å². The van der Waals surface area contributed by atoms with Gasteiger partial charge in [-0.05, 0) is 19.3 Å². The number of nitrogens with two attached hydrogens (primary N) is 2. The Hall–Kier alpha value is -1.40. The molecule has 6 nitrogen and oxygen atoms in total. The summed E-state index contributed by atoms with van der Waals surface area (Å²) >= 11 is 0. The molecule has 106 valence electrons. The second-order valence-electron chi connectivity index (χ2n) is 5.21. The molecule has 1 heterocycles. The van der Waals surface area contributed by atoms with Crippen molar-refractivity contribution in [3.05, 3.63) is 11.8 Å². The highest BCUT2D eigenvalue weighted by Crippen LogP contribution is 2.35.